The van der Waals surface area contributed by atoms with Crippen LogP contribution in [0.1, 0.15) is 31.4 Å². The van der Waals surface area contributed by atoms with Crippen LogP contribution in [0.15, 0.2) is 65.6 Å². The fourth-order valence-corrected chi connectivity index (χ4v) is 6.20. The van der Waals surface area contributed by atoms with E-state index < -0.39 is 28.5 Å². The molecule has 0 radical (unpaired) electrons. The van der Waals surface area contributed by atoms with Gasteiger partial charge in [-0.05, 0) is 68.3 Å². The topological polar surface area (TPSA) is 96.0 Å². The predicted molar refractivity (Wildman–Crippen MR) is 163 cm³/mol. The number of nitrogens with zero attached hydrogens (tertiary/aromatic N) is 2. The molecule has 0 bridgehead atoms. The molecule has 41 heavy (non-hydrogen) atoms. The van der Waals surface area contributed by atoms with Gasteiger partial charge in [0.15, 0.2) is 0 Å². The zero-order valence-corrected chi connectivity index (χ0v) is 26.2. The van der Waals surface area contributed by atoms with Crippen molar-refractivity contribution in [1.82, 2.24) is 10.2 Å². The molecule has 0 saturated heterocycles. The lowest BCUT2D eigenvalue weighted by Crippen LogP contribution is -2.52. The largest absolute Gasteiger partial charge is 0.495 e. The molecule has 1 atom stereocenters. The third-order valence-electron chi connectivity index (χ3n) is 6.39. The summed E-state index contributed by atoms with van der Waals surface area (Å²) in [5.74, 6) is -0.612. The van der Waals surface area contributed by atoms with Crippen LogP contribution in [-0.2, 0) is 26.2 Å². The van der Waals surface area contributed by atoms with Gasteiger partial charge in [-0.2, -0.15) is 0 Å². The van der Waals surface area contributed by atoms with Crippen LogP contribution in [-0.4, -0.2) is 51.4 Å². The molecule has 8 nitrogen and oxygen atoms in total. The molecule has 3 aromatic rings. The Balaban J connectivity index is 2.11. The first-order valence-electron chi connectivity index (χ1n) is 12.9. The highest BCUT2D eigenvalue weighted by Crippen LogP contribution is 2.32. The maximum absolute atomic E-state index is 14.1. The van der Waals surface area contributed by atoms with E-state index >= 15 is 0 Å². The zero-order valence-electron chi connectivity index (χ0n) is 23.2. The van der Waals surface area contributed by atoms with Gasteiger partial charge < -0.3 is 15.0 Å². The van der Waals surface area contributed by atoms with Gasteiger partial charge >= 0.3 is 0 Å². The Labute approximate surface area is 256 Å². The Morgan fingerprint density at radius 2 is 1.61 bits per heavy atom. The van der Waals surface area contributed by atoms with E-state index in [2.05, 4.69) is 5.32 Å². The Morgan fingerprint density at radius 1 is 0.927 bits per heavy atom. The molecular formula is C29H32Cl3N3O5S. The second-order valence-electron chi connectivity index (χ2n) is 9.23. The molecule has 0 saturated carbocycles. The van der Waals surface area contributed by atoms with E-state index in [9.17, 15) is 18.0 Å². The molecule has 3 rings (SSSR count). The van der Waals surface area contributed by atoms with Crippen molar-refractivity contribution in [3.05, 3.63) is 86.9 Å². The number of hydrogen-bond donors (Lipinski definition) is 1. The van der Waals surface area contributed by atoms with Gasteiger partial charge in [-0.15, -0.1) is 0 Å². The number of benzene rings is 3. The molecule has 0 spiro atoms. The van der Waals surface area contributed by atoms with E-state index in [1.165, 1.54) is 42.3 Å². The molecule has 0 aliphatic rings. The predicted octanol–water partition coefficient (Wildman–Crippen LogP) is 6.10. The maximum Gasteiger partial charge on any atom is 0.264 e. The van der Waals surface area contributed by atoms with Gasteiger partial charge in [0.05, 0.1) is 32.8 Å². The van der Waals surface area contributed by atoms with Crippen molar-refractivity contribution in [2.45, 2.75) is 44.7 Å². The van der Waals surface area contributed by atoms with Crippen molar-refractivity contribution in [2.24, 2.45) is 0 Å². The normalized spacial score (nSPS) is 12.0. The molecule has 2 amide bonds. The summed E-state index contributed by atoms with van der Waals surface area (Å²) in [6.45, 7) is 5.15. The van der Waals surface area contributed by atoms with Crippen LogP contribution in [0.25, 0.3) is 0 Å². The molecule has 12 heteroatoms. The average molecular weight is 641 g/mol. The summed E-state index contributed by atoms with van der Waals surface area (Å²) in [4.78, 5) is 28.4. The molecule has 0 unspecified atom stereocenters. The SMILES string of the molecule is CCNC(=O)[C@@H](CC)N(Cc1ccc(Cl)c(Cl)c1)C(=O)CN(c1ccc(OC)c(Cl)c1)S(=O)(=O)c1ccc(C)cc1. The first kappa shape index (κ1) is 32.5. The van der Waals surface area contributed by atoms with E-state index in [0.717, 1.165) is 9.87 Å². The number of methoxy groups -OCH3 is 1. The van der Waals surface area contributed by atoms with Crippen LogP contribution in [0.4, 0.5) is 5.69 Å². The minimum atomic E-state index is -4.24. The summed E-state index contributed by atoms with van der Waals surface area (Å²) in [7, 11) is -2.79. The van der Waals surface area contributed by atoms with Crippen LogP contribution >= 0.6 is 34.8 Å². The lowest BCUT2D eigenvalue weighted by Gasteiger charge is -2.33. The van der Waals surface area contributed by atoms with Crippen molar-refractivity contribution in [3.63, 3.8) is 0 Å². The molecule has 0 aromatic heterocycles. The van der Waals surface area contributed by atoms with E-state index in [0.29, 0.717) is 27.9 Å². The summed E-state index contributed by atoms with van der Waals surface area (Å²) < 4.78 is 34.1. The third kappa shape index (κ3) is 7.86. The number of hydrogen-bond acceptors (Lipinski definition) is 5. The first-order chi connectivity index (χ1) is 19.4. The second kappa shape index (κ2) is 14.3. The van der Waals surface area contributed by atoms with Gasteiger partial charge in [0.25, 0.3) is 10.0 Å². The minimum absolute atomic E-state index is 0.00496. The second-order valence-corrected chi connectivity index (χ2v) is 12.3. The van der Waals surface area contributed by atoms with Crippen LogP contribution in [0.3, 0.4) is 0 Å². The highest BCUT2D eigenvalue weighted by molar-refractivity contribution is 7.92. The van der Waals surface area contributed by atoms with Gasteiger partial charge in [0, 0.05) is 13.1 Å². The Bertz CT molecular complexity index is 1500. The fraction of sp³-hybridized carbons (Fsp3) is 0.310. The number of rotatable bonds is 12. The summed E-state index contributed by atoms with van der Waals surface area (Å²) >= 11 is 18.7. The highest BCUT2D eigenvalue weighted by atomic mass is 35.5. The minimum Gasteiger partial charge on any atom is -0.495 e. The molecule has 0 aliphatic heterocycles. The van der Waals surface area contributed by atoms with Gasteiger partial charge in [0.2, 0.25) is 11.8 Å². The van der Waals surface area contributed by atoms with E-state index in [4.69, 9.17) is 39.5 Å². The number of carbonyl (C=O) groups excluding carboxylic acids is 2. The van der Waals surface area contributed by atoms with E-state index in [1.54, 1.807) is 44.2 Å². The summed E-state index contributed by atoms with van der Waals surface area (Å²) in [5, 5.41) is 3.57. The molecule has 0 aliphatic carbocycles. The summed E-state index contributed by atoms with van der Waals surface area (Å²) in [6, 6.07) is 14.8. The number of carbonyl (C=O) groups is 2. The summed E-state index contributed by atoms with van der Waals surface area (Å²) in [6.07, 6.45) is 0.290. The van der Waals surface area contributed by atoms with E-state index in [1.807, 2.05) is 6.92 Å². The van der Waals surface area contributed by atoms with E-state index in [-0.39, 0.29) is 34.5 Å². The van der Waals surface area contributed by atoms with Crippen LogP contribution < -0.4 is 14.4 Å². The standard InChI is InChI=1S/C29H32Cl3N3O5S/c1-5-26(29(37)33-6-2)34(17-20-9-13-23(30)24(31)15-20)28(36)18-35(21-10-14-27(40-4)25(32)16-21)41(38,39)22-11-7-19(3)8-12-22/h7-16,26H,5-6,17-18H2,1-4H3,(H,33,37)/t26-/m1/s1. The number of likely N-dealkylation sites (N-methyl/N-ethyl adjacent to an activating group) is 1. The number of sulfonamides is 1. The molecule has 1 N–H and O–H groups in total. The number of aryl methyl sites for hydroxylation is 1. The Kier molecular flexibility index (Phi) is 11.3. The van der Waals surface area contributed by atoms with Crippen molar-refractivity contribution in [2.75, 3.05) is 24.5 Å². The van der Waals surface area contributed by atoms with Gasteiger partial charge in [-0.3, -0.25) is 13.9 Å². The maximum atomic E-state index is 14.1. The smallest absolute Gasteiger partial charge is 0.264 e. The van der Waals surface area contributed by atoms with Gasteiger partial charge in [0.1, 0.15) is 18.3 Å². The first-order valence-corrected chi connectivity index (χ1v) is 15.4. The van der Waals surface area contributed by atoms with Crippen molar-refractivity contribution in [1.29, 1.82) is 0 Å². The molecule has 220 valence electrons. The van der Waals surface area contributed by atoms with Crippen molar-refractivity contribution >= 4 is 62.3 Å². The number of amides is 2. The Morgan fingerprint density at radius 3 is 2.17 bits per heavy atom. The highest BCUT2D eigenvalue weighted by Gasteiger charge is 2.34. The monoisotopic (exact) mass is 639 g/mol. The Hall–Kier alpha value is -2.98. The molecular weight excluding hydrogens is 609 g/mol. The lowest BCUT2D eigenvalue weighted by atomic mass is 10.1. The average Bonchev–Trinajstić information content (AvgIpc) is 2.93. The quantitative estimate of drug-likeness (QED) is 0.258. The third-order valence-corrected chi connectivity index (χ3v) is 9.21. The number of nitrogens with one attached hydrogen (secondary N) is 1. The number of ether oxygens (including phenoxy) is 1. The zero-order chi connectivity index (χ0) is 30.3. The van der Waals surface area contributed by atoms with Crippen molar-refractivity contribution in [3.8, 4) is 5.75 Å². The van der Waals surface area contributed by atoms with Crippen LogP contribution in [0.2, 0.25) is 15.1 Å². The molecule has 3 aromatic carbocycles. The van der Waals surface area contributed by atoms with Gasteiger partial charge in [-0.25, -0.2) is 8.42 Å². The summed E-state index contributed by atoms with van der Waals surface area (Å²) in [5.41, 5.74) is 1.65. The fourth-order valence-electron chi connectivity index (χ4n) is 4.22. The van der Waals surface area contributed by atoms with Crippen molar-refractivity contribution < 1.29 is 22.7 Å². The van der Waals surface area contributed by atoms with Crippen LogP contribution in [0.5, 0.6) is 5.75 Å². The molecule has 0 heterocycles. The number of halogens is 3. The lowest BCUT2D eigenvalue weighted by molar-refractivity contribution is -0.140. The van der Waals surface area contributed by atoms with Gasteiger partial charge in [-0.1, -0.05) is 65.5 Å². The number of anilines is 1. The van der Waals surface area contributed by atoms with Crippen LogP contribution in [0, 0.1) is 6.92 Å². The molecule has 0 fully saturated rings.